The average Bonchev–Trinajstić information content (AvgIpc) is 3.16. The molecule has 0 rings (SSSR count). The lowest BCUT2D eigenvalue weighted by molar-refractivity contribution is -0.870. The first kappa shape index (κ1) is 54.9. The van der Waals surface area contributed by atoms with Crippen LogP contribution in [0.3, 0.4) is 0 Å². The van der Waals surface area contributed by atoms with E-state index in [1.807, 2.05) is 21.1 Å². The number of allylic oxidation sites excluding steroid dienone is 12. The van der Waals surface area contributed by atoms with Crippen molar-refractivity contribution in [3.8, 4) is 0 Å². The molecule has 0 aromatic rings. The number of likely N-dealkylation sites (N-methyl/N-ethyl adjacent to an activating group) is 1. The summed E-state index contributed by atoms with van der Waals surface area (Å²) in [4.78, 5) is 22.9. The highest BCUT2D eigenvalue weighted by molar-refractivity contribution is 7.47. The van der Waals surface area contributed by atoms with Crippen LogP contribution in [0.25, 0.3) is 0 Å². The summed E-state index contributed by atoms with van der Waals surface area (Å²) in [6.45, 7) is 5.41. The van der Waals surface area contributed by atoms with Gasteiger partial charge in [0.25, 0.3) is 0 Å². The third-order valence-corrected chi connectivity index (χ3v) is 10.2. The van der Waals surface area contributed by atoms with Crippen LogP contribution in [0.4, 0.5) is 0 Å². The number of rotatable bonds is 41. The van der Waals surface area contributed by atoms with Gasteiger partial charge in [0.15, 0.2) is 0 Å². The average molecular weight is 821 g/mol. The number of unbranched alkanes of at least 4 members (excludes halogenated alkanes) is 15. The highest BCUT2D eigenvalue weighted by Crippen LogP contribution is 2.43. The van der Waals surface area contributed by atoms with Crippen molar-refractivity contribution in [2.45, 2.75) is 174 Å². The normalized spacial score (nSPS) is 14.4. The molecule has 0 spiro atoms. The van der Waals surface area contributed by atoms with Crippen LogP contribution in [-0.4, -0.2) is 75.6 Å². The maximum absolute atomic E-state index is 12.7. The van der Waals surface area contributed by atoms with Gasteiger partial charge in [-0.2, -0.15) is 0 Å². The zero-order valence-corrected chi connectivity index (χ0v) is 38.2. The van der Waals surface area contributed by atoms with E-state index in [2.05, 4.69) is 86.8 Å². The van der Waals surface area contributed by atoms with Crippen LogP contribution < -0.4 is 0 Å². The minimum atomic E-state index is -4.29. The molecule has 0 fully saturated rings. The molecule has 0 aromatic heterocycles. The zero-order valence-electron chi connectivity index (χ0n) is 37.3. The fourth-order valence-electron chi connectivity index (χ4n) is 5.75. The van der Waals surface area contributed by atoms with Gasteiger partial charge in [-0.3, -0.25) is 13.8 Å². The lowest BCUT2D eigenvalue weighted by atomic mass is 10.1. The Labute approximate surface area is 351 Å². The molecule has 0 saturated heterocycles. The number of nitrogens with zero attached hydrogens (tertiary/aromatic N) is 1. The molecule has 1 N–H and O–H groups in total. The van der Waals surface area contributed by atoms with Crippen LogP contribution in [0.5, 0.6) is 0 Å². The molecule has 9 heteroatoms. The second-order valence-electron chi connectivity index (χ2n) is 16.0. The van der Waals surface area contributed by atoms with Crippen molar-refractivity contribution >= 4 is 13.8 Å². The fourth-order valence-corrected chi connectivity index (χ4v) is 6.49. The number of esters is 1. The molecule has 0 bridgehead atoms. The molecule has 0 radical (unpaired) electrons. The lowest BCUT2D eigenvalue weighted by Crippen LogP contribution is -2.37. The second-order valence-corrected chi connectivity index (χ2v) is 17.5. The molecule has 8 nitrogen and oxygen atoms in total. The molecular formula is C48H87NO7P+. The van der Waals surface area contributed by atoms with Crippen molar-refractivity contribution in [2.24, 2.45) is 0 Å². The van der Waals surface area contributed by atoms with Crippen LogP contribution in [0.2, 0.25) is 0 Å². The Kier molecular flexibility index (Phi) is 39.2. The Hall–Kier alpha value is -2.06. The monoisotopic (exact) mass is 821 g/mol. The van der Waals surface area contributed by atoms with Gasteiger partial charge < -0.3 is 18.9 Å². The van der Waals surface area contributed by atoms with Gasteiger partial charge in [-0.1, -0.05) is 151 Å². The minimum Gasteiger partial charge on any atom is -0.457 e. The maximum atomic E-state index is 12.7. The van der Waals surface area contributed by atoms with E-state index in [4.69, 9.17) is 18.5 Å². The van der Waals surface area contributed by atoms with Crippen LogP contribution in [0.1, 0.15) is 168 Å². The summed E-state index contributed by atoms with van der Waals surface area (Å²) in [6, 6.07) is 0. The first-order chi connectivity index (χ1) is 27.6. The third kappa shape index (κ3) is 44.9. The number of hydrogen-bond donors (Lipinski definition) is 1. The summed E-state index contributed by atoms with van der Waals surface area (Å²) >= 11 is 0. The number of carbonyl (C=O) groups is 1. The number of quaternary nitrogens is 1. The molecule has 0 aliphatic rings. The van der Waals surface area contributed by atoms with Crippen molar-refractivity contribution in [1.29, 1.82) is 0 Å². The molecule has 0 amide bonds. The van der Waals surface area contributed by atoms with E-state index in [-0.39, 0.29) is 25.8 Å². The highest BCUT2D eigenvalue weighted by Gasteiger charge is 2.26. The Balaban J connectivity index is 4.28. The van der Waals surface area contributed by atoms with Gasteiger partial charge in [0.05, 0.1) is 34.4 Å². The standard InChI is InChI=1S/C48H86NO7P/c1-6-8-10-12-14-16-18-20-22-23-24-25-26-27-28-29-31-33-35-37-39-41-48(50)56-47(46-55-57(51,52)54-44-42-49(3,4)5)45-53-43-40-38-36-34-32-30-21-19-17-15-13-11-9-7-2/h9,11,15,17-18,20-21,23-24,26-27,30,47H,6-8,10,12-14,16,19,22,25,28-29,31-46H2,1-5H3/p+1/b11-9-,17-15-,20-18-,24-23-,27-26-,30-21-. The molecule has 2 atom stereocenters. The summed E-state index contributed by atoms with van der Waals surface area (Å²) in [5, 5.41) is 0. The molecule has 2 unspecified atom stereocenters. The lowest BCUT2D eigenvalue weighted by Gasteiger charge is -2.24. The molecule has 0 aliphatic heterocycles. The van der Waals surface area contributed by atoms with Gasteiger partial charge in [0, 0.05) is 13.0 Å². The Bertz CT molecular complexity index is 1140. The maximum Gasteiger partial charge on any atom is 0.472 e. The SMILES string of the molecule is CC/C=C\C/C=C\C/C=C\CCCCCCOCC(COP(=O)(O)OCC[N+](C)(C)C)OC(=O)CCCCCCCC/C=C\C/C=C\C/C=C\CCCCCCC. The number of hydrogen-bond acceptors (Lipinski definition) is 6. The largest absolute Gasteiger partial charge is 0.472 e. The van der Waals surface area contributed by atoms with E-state index in [1.165, 1.54) is 51.4 Å². The smallest absolute Gasteiger partial charge is 0.457 e. The fraction of sp³-hybridized carbons (Fsp3) is 0.729. The van der Waals surface area contributed by atoms with Crippen molar-refractivity contribution in [3.05, 3.63) is 72.9 Å². The van der Waals surface area contributed by atoms with E-state index >= 15 is 0 Å². The van der Waals surface area contributed by atoms with Crippen LogP contribution in [0.15, 0.2) is 72.9 Å². The molecule has 0 saturated carbocycles. The zero-order chi connectivity index (χ0) is 42.0. The van der Waals surface area contributed by atoms with E-state index < -0.39 is 13.9 Å². The van der Waals surface area contributed by atoms with E-state index in [0.717, 1.165) is 96.3 Å². The Morgan fingerprint density at radius 1 is 0.561 bits per heavy atom. The predicted molar refractivity (Wildman–Crippen MR) is 242 cm³/mol. The van der Waals surface area contributed by atoms with Crippen LogP contribution in [-0.2, 0) is 27.9 Å². The Morgan fingerprint density at radius 2 is 1.02 bits per heavy atom. The van der Waals surface area contributed by atoms with Gasteiger partial charge in [-0.25, -0.2) is 4.57 Å². The molecule has 0 heterocycles. The van der Waals surface area contributed by atoms with Crippen molar-refractivity contribution in [1.82, 2.24) is 0 Å². The van der Waals surface area contributed by atoms with Gasteiger partial charge in [0.1, 0.15) is 19.3 Å². The van der Waals surface area contributed by atoms with Crippen LogP contribution >= 0.6 is 7.82 Å². The first-order valence-corrected chi connectivity index (χ1v) is 24.2. The molecule has 0 aromatic carbocycles. The van der Waals surface area contributed by atoms with E-state index in [1.54, 1.807) is 0 Å². The first-order valence-electron chi connectivity index (χ1n) is 22.7. The quantitative estimate of drug-likeness (QED) is 0.0216. The summed E-state index contributed by atoms with van der Waals surface area (Å²) in [5.74, 6) is -0.337. The number of phosphoric ester groups is 1. The van der Waals surface area contributed by atoms with Crippen molar-refractivity contribution in [2.75, 3.05) is 54.1 Å². The second kappa shape index (κ2) is 40.7. The van der Waals surface area contributed by atoms with Gasteiger partial charge in [-0.05, 0) is 83.5 Å². The van der Waals surface area contributed by atoms with E-state index in [0.29, 0.717) is 24.1 Å². The predicted octanol–water partition coefficient (Wildman–Crippen LogP) is 13.5. The minimum absolute atomic E-state index is 0.0773. The third-order valence-electron chi connectivity index (χ3n) is 9.25. The van der Waals surface area contributed by atoms with Crippen molar-refractivity contribution in [3.63, 3.8) is 0 Å². The van der Waals surface area contributed by atoms with Gasteiger partial charge in [-0.15, -0.1) is 0 Å². The van der Waals surface area contributed by atoms with Gasteiger partial charge >= 0.3 is 13.8 Å². The number of ether oxygens (including phenoxy) is 2. The molecule has 57 heavy (non-hydrogen) atoms. The van der Waals surface area contributed by atoms with Crippen LogP contribution in [0, 0.1) is 0 Å². The Morgan fingerprint density at radius 3 is 1.53 bits per heavy atom. The number of phosphoric acid groups is 1. The summed E-state index contributed by atoms with van der Waals surface area (Å²) in [7, 11) is 1.63. The van der Waals surface area contributed by atoms with Gasteiger partial charge in [0.2, 0.25) is 0 Å². The van der Waals surface area contributed by atoms with E-state index in [9.17, 15) is 14.3 Å². The summed E-state index contributed by atoms with van der Waals surface area (Å²) in [6.07, 6.45) is 52.2. The summed E-state index contributed by atoms with van der Waals surface area (Å²) in [5.41, 5.74) is 0. The van der Waals surface area contributed by atoms with Crippen molar-refractivity contribution < 1.29 is 37.3 Å². The topological polar surface area (TPSA) is 91.3 Å². The number of carbonyl (C=O) groups excluding carboxylic acids is 1. The highest BCUT2D eigenvalue weighted by atomic mass is 31.2. The summed E-state index contributed by atoms with van der Waals surface area (Å²) < 4.78 is 35.0. The molecule has 330 valence electrons. The molecule has 0 aliphatic carbocycles. The molecular weight excluding hydrogens is 734 g/mol.